The van der Waals surface area contributed by atoms with E-state index in [-0.39, 0.29) is 24.4 Å². The number of thiophene rings is 1. The van der Waals surface area contributed by atoms with Crippen LogP contribution in [0.5, 0.6) is 0 Å². The number of sulfonamides is 1. The van der Waals surface area contributed by atoms with E-state index in [0.29, 0.717) is 0 Å². The zero-order valence-corrected chi connectivity index (χ0v) is 12.4. The van der Waals surface area contributed by atoms with Crippen molar-refractivity contribution in [3.8, 4) is 0 Å². The van der Waals surface area contributed by atoms with E-state index in [0.717, 1.165) is 11.3 Å². The number of aromatic nitrogens is 1. The zero-order valence-electron chi connectivity index (χ0n) is 8.52. The zero-order chi connectivity index (χ0) is 13.3. The summed E-state index contributed by atoms with van der Waals surface area (Å²) in [6, 6.07) is 4.34. The lowest BCUT2D eigenvalue weighted by Crippen LogP contribution is -2.13. The first-order valence-corrected chi connectivity index (χ1v) is 7.91. The quantitative estimate of drug-likeness (QED) is 0.860. The van der Waals surface area contributed by atoms with Gasteiger partial charge in [0.15, 0.2) is 5.15 Å². The van der Waals surface area contributed by atoms with E-state index in [4.69, 9.17) is 34.8 Å². The van der Waals surface area contributed by atoms with Gasteiger partial charge in [-0.1, -0.05) is 34.8 Å². The predicted molar refractivity (Wildman–Crippen MR) is 74.4 cm³/mol. The van der Waals surface area contributed by atoms with E-state index in [1.54, 1.807) is 6.07 Å². The van der Waals surface area contributed by atoms with Crippen molar-refractivity contribution in [2.24, 2.45) is 0 Å². The number of rotatable bonds is 3. The van der Waals surface area contributed by atoms with Crippen LogP contribution < -0.4 is 4.72 Å². The van der Waals surface area contributed by atoms with Crippen molar-refractivity contribution in [2.75, 3.05) is 4.72 Å². The van der Waals surface area contributed by atoms with Gasteiger partial charge < -0.3 is 0 Å². The molecule has 0 aromatic carbocycles. The van der Waals surface area contributed by atoms with Gasteiger partial charge in [-0.15, -0.1) is 11.3 Å². The summed E-state index contributed by atoms with van der Waals surface area (Å²) in [4.78, 5) is 3.68. The van der Waals surface area contributed by atoms with Crippen molar-refractivity contribution in [3.63, 3.8) is 0 Å². The van der Waals surface area contributed by atoms with Gasteiger partial charge >= 0.3 is 0 Å². The minimum absolute atomic E-state index is 0.0542. The molecule has 0 bridgehead atoms. The molecule has 0 saturated carbocycles. The normalized spacial score (nSPS) is 11.5. The highest BCUT2D eigenvalue weighted by atomic mass is 35.5. The van der Waals surface area contributed by atoms with E-state index in [1.165, 1.54) is 18.3 Å². The van der Waals surface area contributed by atoms with Gasteiger partial charge in [-0.05, 0) is 18.2 Å². The van der Waals surface area contributed by atoms with Crippen LogP contribution in [0.3, 0.4) is 0 Å². The molecule has 1 N–H and O–H groups in total. The summed E-state index contributed by atoms with van der Waals surface area (Å²) >= 11 is 18.3. The Morgan fingerprint density at radius 1 is 1.28 bits per heavy atom. The topological polar surface area (TPSA) is 59.1 Å². The smallest absolute Gasteiger partial charge is 0.264 e. The Hall–Kier alpha value is -0.530. The third-order valence-corrected chi connectivity index (χ3v) is 5.34. The molecule has 0 radical (unpaired) electrons. The van der Waals surface area contributed by atoms with Gasteiger partial charge in [0.25, 0.3) is 10.0 Å². The molecule has 0 spiro atoms. The van der Waals surface area contributed by atoms with E-state index in [2.05, 4.69) is 9.71 Å². The fourth-order valence-electron chi connectivity index (χ4n) is 1.17. The molecule has 2 heterocycles. The summed E-state index contributed by atoms with van der Waals surface area (Å²) in [5.74, 6) is 0. The lowest BCUT2D eigenvalue weighted by atomic mass is 10.4. The number of hydrogen-bond acceptors (Lipinski definition) is 4. The van der Waals surface area contributed by atoms with Crippen LogP contribution in [-0.2, 0) is 10.0 Å². The summed E-state index contributed by atoms with van der Waals surface area (Å²) in [7, 11) is -3.83. The van der Waals surface area contributed by atoms with Crippen molar-refractivity contribution in [1.82, 2.24) is 4.98 Å². The Morgan fingerprint density at radius 3 is 2.56 bits per heavy atom. The second-order valence-electron chi connectivity index (χ2n) is 3.14. The molecule has 0 aliphatic carbocycles. The molecule has 0 aliphatic rings. The van der Waals surface area contributed by atoms with Crippen molar-refractivity contribution in [1.29, 1.82) is 0 Å². The Kier molecular flexibility index (Phi) is 4.03. The fourth-order valence-corrected chi connectivity index (χ4v) is 4.61. The van der Waals surface area contributed by atoms with Crippen LogP contribution in [0.15, 0.2) is 29.3 Å². The largest absolute Gasteiger partial charge is 0.276 e. The Morgan fingerprint density at radius 2 is 2.00 bits per heavy atom. The highest BCUT2D eigenvalue weighted by Crippen LogP contribution is 2.35. The number of pyridine rings is 1. The minimum atomic E-state index is -3.83. The fraction of sp³-hybridized carbons (Fsp3) is 0. The van der Waals surface area contributed by atoms with Gasteiger partial charge in [-0.25, -0.2) is 13.4 Å². The van der Waals surface area contributed by atoms with Gasteiger partial charge in [0.2, 0.25) is 0 Å². The molecule has 9 heteroatoms. The molecule has 4 nitrogen and oxygen atoms in total. The van der Waals surface area contributed by atoms with E-state index < -0.39 is 10.0 Å². The van der Waals surface area contributed by atoms with Gasteiger partial charge in [0, 0.05) is 6.20 Å². The van der Waals surface area contributed by atoms with Crippen LogP contribution in [-0.4, -0.2) is 13.4 Å². The van der Waals surface area contributed by atoms with Gasteiger partial charge in [0.1, 0.15) is 9.23 Å². The first kappa shape index (κ1) is 13.9. The van der Waals surface area contributed by atoms with Gasteiger partial charge in [-0.2, -0.15) is 0 Å². The maximum Gasteiger partial charge on any atom is 0.264 e. The van der Waals surface area contributed by atoms with Crippen molar-refractivity contribution < 1.29 is 8.42 Å². The average Bonchev–Trinajstić information content (AvgIpc) is 2.62. The number of nitrogens with one attached hydrogen (secondary N) is 1. The number of nitrogens with zero attached hydrogens (tertiary/aromatic N) is 1. The Balaban J connectivity index is 2.40. The molecule has 96 valence electrons. The number of halogens is 3. The van der Waals surface area contributed by atoms with Crippen molar-refractivity contribution >= 4 is 61.9 Å². The van der Waals surface area contributed by atoms with Crippen molar-refractivity contribution in [2.45, 2.75) is 4.90 Å². The highest BCUT2D eigenvalue weighted by molar-refractivity contribution is 7.93. The maximum absolute atomic E-state index is 12.1. The highest BCUT2D eigenvalue weighted by Gasteiger charge is 2.22. The molecule has 0 saturated heterocycles. The Bertz CT molecular complexity index is 685. The molecule has 0 amide bonds. The Labute approximate surface area is 123 Å². The second kappa shape index (κ2) is 5.22. The molecule has 2 aromatic rings. The number of hydrogen-bond donors (Lipinski definition) is 1. The monoisotopic (exact) mass is 342 g/mol. The first-order chi connectivity index (χ1) is 8.40. The molecule has 0 aliphatic heterocycles. The third-order valence-electron chi connectivity index (χ3n) is 1.92. The summed E-state index contributed by atoms with van der Waals surface area (Å²) in [6.07, 6.45) is 1.45. The molecule has 18 heavy (non-hydrogen) atoms. The van der Waals surface area contributed by atoms with Gasteiger partial charge in [-0.3, -0.25) is 4.72 Å². The van der Waals surface area contributed by atoms with Crippen LogP contribution in [0.2, 0.25) is 13.8 Å². The molecular formula is C9H5Cl3N2O2S2. The minimum Gasteiger partial charge on any atom is -0.276 e. The SMILES string of the molecule is O=S(=O)(Nc1cccnc1Cl)c1cc(Cl)sc1Cl. The third kappa shape index (κ3) is 2.89. The predicted octanol–water partition coefficient (Wildman–Crippen LogP) is 3.90. The summed E-state index contributed by atoms with van der Waals surface area (Å²) in [6.45, 7) is 0. The van der Waals surface area contributed by atoms with E-state index >= 15 is 0 Å². The van der Waals surface area contributed by atoms with Crippen LogP contribution in [0, 0.1) is 0 Å². The molecule has 0 unspecified atom stereocenters. The second-order valence-corrected chi connectivity index (χ2v) is 7.43. The average molecular weight is 344 g/mol. The maximum atomic E-state index is 12.1. The van der Waals surface area contributed by atoms with E-state index in [1.807, 2.05) is 0 Å². The first-order valence-electron chi connectivity index (χ1n) is 4.48. The lowest BCUT2D eigenvalue weighted by molar-refractivity contribution is 0.601. The lowest BCUT2D eigenvalue weighted by Gasteiger charge is -2.07. The van der Waals surface area contributed by atoms with Crippen LogP contribution >= 0.6 is 46.1 Å². The number of anilines is 1. The summed E-state index contributed by atoms with van der Waals surface area (Å²) < 4.78 is 26.8. The molecule has 0 atom stereocenters. The molecule has 0 fully saturated rings. The summed E-state index contributed by atoms with van der Waals surface area (Å²) in [5.41, 5.74) is 0.178. The van der Waals surface area contributed by atoms with E-state index in [9.17, 15) is 8.42 Å². The summed E-state index contributed by atoms with van der Waals surface area (Å²) in [5, 5.41) is 0.0542. The van der Waals surface area contributed by atoms with Crippen molar-refractivity contribution in [3.05, 3.63) is 38.2 Å². The van der Waals surface area contributed by atoms with Crippen LogP contribution in [0.4, 0.5) is 5.69 Å². The molecular weight excluding hydrogens is 339 g/mol. The van der Waals surface area contributed by atoms with Crippen LogP contribution in [0.1, 0.15) is 0 Å². The van der Waals surface area contributed by atoms with Crippen LogP contribution in [0.25, 0.3) is 0 Å². The van der Waals surface area contributed by atoms with Gasteiger partial charge in [0.05, 0.1) is 10.0 Å². The molecule has 2 rings (SSSR count). The molecule has 2 aromatic heterocycles. The standard InChI is InChI=1S/C9H5Cl3N2O2S2/c10-7-4-6(9(12)17-7)18(15,16)14-5-2-1-3-13-8(5)11/h1-4,14H.